The van der Waals surface area contributed by atoms with Crippen LogP contribution in [0.25, 0.3) is 0 Å². The van der Waals surface area contributed by atoms with Gasteiger partial charge in [0.15, 0.2) is 0 Å². The summed E-state index contributed by atoms with van der Waals surface area (Å²) in [5.41, 5.74) is 4.31. The number of hydrogen-bond acceptors (Lipinski definition) is 3. The van der Waals surface area contributed by atoms with Gasteiger partial charge in [-0.05, 0) is 19.4 Å². The molecule has 1 unspecified atom stereocenters. The lowest BCUT2D eigenvalue weighted by atomic mass is 10.0. The van der Waals surface area contributed by atoms with Gasteiger partial charge in [-0.1, -0.05) is 34.5 Å². The molecule has 90 valence electrons. The van der Waals surface area contributed by atoms with Crippen molar-refractivity contribution in [2.24, 2.45) is 7.05 Å². The maximum absolute atomic E-state index is 10.1. The molecule has 1 heterocycles. The normalized spacial score (nSPS) is 12.7. The van der Waals surface area contributed by atoms with Crippen molar-refractivity contribution in [3.05, 3.63) is 46.8 Å². The number of nitrogens with zero attached hydrogens (tertiary/aromatic N) is 3. The molecule has 1 N–H and O–H groups in total. The van der Waals surface area contributed by atoms with E-state index >= 15 is 0 Å². The van der Waals surface area contributed by atoms with E-state index in [2.05, 4.69) is 42.4 Å². The van der Waals surface area contributed by atoms with Crippen LogP contribution in [0, 0.1) is 13.8 Å². The van der Waals surface area contributed by atoms with Gasteiger partial charge in [0.05, 0.1) is 11.9 Å². The van der Waals surface area contributed by atoms with Gasteiger partial charge >= 0.3 is 0 Å². The lowest BCUT2D eigenvalue weighted by Crippen LogP contribution is -2.08. The number of aliphatic hydroxyl groups excluding tert-OH is 1. The van der Waals surface area contributed by atoms with Crippen molar-refractivity contribution in [1.29, 1.82) is 0 Å². The lowest BCUT2D eigenvalue weighted by Gasteiger charge is -2.11. The van der Waals surface area contributed by atoms with Crippen LogP contribution in [-0.4, -0.2) is 20.1 Å². The lowest BCUT2D eigenvalue weighted by molar-refractivity contribution is 0.168. The van der Waals surface area contributed by atoms with Crippen molar-refractivity contribution in [2.45, 2.75) is 26.4 Å². The fourth-order valence-corrected chi connectivity index (χ4v) is 2.11. The maximum atomic E-state index is 10.1. The van der Waals surface area contributed by atoms with Crippen LogP contribution in [0.1, 0.15) is 28.5 Å². The van der Waals surface area contributed by atoms with Crippen LogP contribution < -0.4 is 0 Å². The van der Waals surface area contributed by atoms with Crippen LogP contribution in [0.3, 0.4) is 0 Å². The van der Waals surface area contributed by atoms with Gasteiger partial charge < -0.3 is 5.11 Å². The molecule has 1 aromatic carbocycles. The second-order valence-electron chi connectivity index (χ2n) is 4.50. The Bertz CT molecular complexity index is 499. The number of aromatic nitrogens is 3. The Morgan fingerprint density at radius 1 is 1.24 bits per heavy atom. The predicted octanol–water partition coefficient (Wildman–Crippen LogP) is 1.71. The number of benzene rings is 1. The summed E-state index contributed by atoms with van der Waals surface area (Å²) in [7, 11) is 1.78. The van der Waals surface area contributed by atoms with Gasteiger partial charge in [-0.15, -0.1) is 5.10 Å². The zero-order valence-corrected chi connectivity index (χ0v) is 10.4. The van der Waals surface area contributed by atoms with Crippen LogP contribution in [0.4, 0.5) is 0 Å². The molecule has 2 aromatic rings. The van der Waals surface area contributed by atoms with E-state index in [1.54, 1.807) is 17.9 Å². The molecule has 1 atom stereocenters. The topological polar surface area (TPSA) is 50.9 Å². The molecule has 17 heavy (non-hydrogen) atoms. The summed E-state index contributed by atoms with van der Waals surface area (Å²) >= 11 is 0. The van der Waals surface area contributed by atoms with Gasteiger partial charge in [0.2, 0.25) is 0 Å². The van der Waals surface area contributed by atoms with Crippen LogP contribution in [0.2, 0.25) is 0 Å². The van der Waals surface area contributed by atoms with E-state index in [1.165, 1.54) is 11.1 Å². The number of rotatable bonds is 3. The minimum Gasteiger partial charge on any atom is -0.386 e. The molecule has 4 heteroatoms. The molecule has 2 rings (SSSR count). The molecule has 0 saturated heterocycles. The van der Waals surface area contributed by atoms with Gasteiger partial charge in [-0.3, -0.25) is 0 Å². The zero-order valence-electron chi connectivity index (χ0n) is 10.4. The summed E-state index contributed by atoms with van der Waals surface area (Å²) in [6.07, 6.45) is 1.63. The Morgan fingerprint density at radius 3 is 2.41 bits per heavy atom. The highest BCUT2D eigenvalue weighted by Crippen LogP contribution is 2.18. The van der Waals surface area contributed by atoms with E-state index < -0.39 is 6.10 Å². The summed E-state index contributed by atoms with van der Waals surface area (Å²) in [6.45, 7) is 4.13. The van der Waals surface area contributed by atoms with E-state index in [1.807, 2.05) is 0 Å². The molecule has 4 nitrogen and oxygen atoms in total. The molecule has 0 fully saturated rings. The molecular weight excluding hydrogens is 214 g/mol. The molecule has 1 aromatic heterocycles. The number of hydrogen-bond donors (Lipinski definition) is 1. The van der Waals surface area contributed by atoms with Crippen molar-refractivity contribution in [1.82, 2.24) is 15.0 Å². The van der Waals surface area contributed by atoms with Crippen molar-refractivity contribution in [3.8, 4) is 0 Å². The predicted molar refractivity (Wildman–Crippen MR) is 65.6 cm³/mol. The van der Waals surface area contributed by atoms with E-state index in [4.69, 9.17) is 0 Å². The first-order chi connectivity index (χ1) is 8.06. The highest BCUT2D eigenvalue weighted by Gasteiger charge is 2.13. The van der Waals surface area contributed by atoms with E-state index in [0.717, 1.165) is 11.3 Å². The van der Waals surface area contributed by atoms with E-state index in [9.17, 15) is 5.11 Å². The van der Waals surface area contributed by atoms with Gasteiger partial charge in [0.1, 0.15) is 6.10 Å². The van der Waals surface area contributed by atoms with Crippen LogP contribution >= 0.6 is 0 Å². The number of aryl methyl sites for hydroxylation is 3. The quantitative estimate of drug-likeness (QED) is 0.874. The fraction of sp³-hybridized carbons (Fsp3) is 0.385. The second kappa shape index (κ2) is 4.67. The Hall–Kier alpha value is -1.68. The third-order valence-corrected chi connectivity index (χ3v) is 2.80. The standard InChI is InChI=1S/C13H17N3O/c1-9-4-10(2)6-11(5-9)7-13(17)12-8-14-15-16(12)3/h4-6,8,13,17H,7H2,1-3H3. The largest absolute Gasteiger partial charge is 0.386 e. The average Bonchev–Trinajstić information content (AvgIpc) is 2.62. The summed E-state index contributed by atoms with van der Waals surface area (Å²) < 4.78 is 1.60. The van der Waals surface area contributed by atoms with Crippen molar-refractivity contribution in [3.63, 3.8) is 0 Å². The molecule has 0 amide bonds. The van der Waals surface area contributed by atoms with E-state index in [0.29, 0.717) is 6.42 Å². The van der Waals surface area contributed by atoms with Crippen molar-refractivity contribution >= 4 is 0 Å². The summed E-state index contributed by atoms with van der Waals surface area (Å²) in [4.78, 5) is 0. The van der Waals surface area contributed by atoms with Gasteiger partial charge in [-0.2, -0.15) is 0 Å². The zero-order chi connectivity index (χ0) is 12.4. The molecular formula is C13H17N3O. The van der Waals surface area contributed by atoms with Crippen molar-refractivity contribution in [2.75, 3.05) is 0 Å². The Morgan fingerprint density at radius 2 is 1.88 bits per heavy atom. The first kappa shape index (κ1) is 11.8. The summed E-state index contributed by atoms with van der Waals surface area (Å²) in [5, 5.41) is 17.7. The molecule has 0 spiro atoms. The molecule has 0 saturated carbocycles. The van der Waals surface area contributed by atoms with Crippen LogP contribution in [0.5, 0.6) is 0 Å². The molecule has 0 bridgehead atoms. The SMILES string of the molecule is Cc1cc(C)cc(CC(O)c2cnnn2C)c1. The first-order valence-electron chi connectivity index (χ1n) is 5.66. The maximum Gasteiger partial charge on any atom is 0.101 e. The Labute approximate surface area is 101 Å². The third-order valence-electron chi connectivity index (χ3n) is 2.80. The second-order valence-corrected chi connectivity index (χ2v) is 4.50. The van der Waals surface area contributed by atoms with Crippen molar-refractivity contribution < 1.29 is 5.11 Å². The van der Waals surface area contributed by atoms with Crippen LogP contribution in [-0.2, 0) is 13.5 Å². The van der Waals surface area contributed by atoms with Gasteiger partial charge in [0, 0.05) is 13.5 Å². The molecule has 0 radical (unpaired) electrons. The van der Waals surface area contributed by atoms with Crippen LogP contribution in [0.15, 0.2) is 24.4 Å². The third kappa shape index (κ3) is 2.71. The molecule has 0 aliphatic carbocycles. The highest BCUT2D eigenvalue weighted by molar-refractivity contribution is 5.29. The molecule has 0 aliphatic rings. The minimum atomic E-state index is -0.559. The first-order valence-corrected chi connectivity index (χ1v) is 5.66. The van der Waals surface area contributed by atoms with E-state index in [-0.39, 0.29) is 0 Å². The van der Waals surface area contributed by atoms with Gasteiger partial charge in [0.25, 0.3) is 0 Å². The summed E-state index contributed by atoms with van der Waals surface area (Å²) in [5.74, 6) is 0. The minimum absolute atomic E-state index is 0.559. The van der Waals surface area contributed by atoms with Gasteiger partial charge in [-0.25, -0.2) is 4.68 Å². The highest BCUT2D eigenvalue weighted by atomic mass is 16.3. The molecule has 0 aliphatic heterocycles. The Balaban J connectivity index is 2.18. The average molecular weight is 231 g/mol. The monoisotopic (exact) mass is 231 g/mol. The summed E-state index contributed by atoms with van der Waals surface area (Å²) in [6, 6.07) is 6.32. The smallest absolute Gasteiger partial charge is 0.101 e. The number of aliphatic hydroxyl groups is 1. The Kier molecular flexibility index (Phi) is 3.24. The fourth-order valence-electron chi connectivity index (χ4n) is 2.11.